The van der Waals surface area contributed by atoms with Gasteiger partial charge < -0.3 is 20.9 Å². The van der Waals surface area contributed by atoms with E-state index in [1.54, 1.807) is 0 Å². The van der Waals surface area contributed by atoms with E-state index in [0.717, 1.165) is 30.7 Å². The zero-order valence-electron chi connectivity index (χ0n) is 16.3. The van der Waals surface area contributed by atoms with E-state index in [1.165, 1.54) is 12.1 Å². The monoisotopic (exact) mass is 412 g/mol. The Balaban J connectivity index is 0.000000516. The van der Waals surface area contributed by atoms with Crippen molar-refractivity contribution in [3.05, 3.63) is 65.7 Å². The first-order valence-corrected chi connectivity index (χ1v) is 9.23. The maximum absolute atomic E-state index is 12.6. The molecule has 0 radical (unpaired) electrons. The van der Waals surface area contributed by atoms with Crippen LogP contribution in [0.1, 0.15) is 36.5 Å². The van der Waals surface area contributed by atoms with Gasteiger partial charge in [0.2, 0.25) is 0 Å². The molecule has 2 aromatic carbocycles. The number of carboxylic acid groups (broad SMARTS) is 1. The molecule has 0 amide bonds. The van der Waals surface area contributed by atoms with E-state index in [4.69, 9.17) is 15.6 Å². The topological polar surface area (TPSA) is 84.6 Å². The van der Waals surface area contributed by atoms with Gasteiger partial charge in [0.25, 0.3) is 0 Å². The van der Waals surface area contributed by atoms with E-state index in [2.05, 4.69) is 5.32 Å². The standard InChI is InChI=1S/C17H18F3NO.C4H9NO2/c1-21-12-11-16(13-5-3-2-4-6-13)22-15-9-7-14(8-10-15)17(18,19)20;5-3-1-2-4(6)7/h2-10,16,21H,11-12H2,1H3;1-3,5H2,(H,6,7). The molecule has 0 aliphatic carbocycles. The molecule has 2 rings (SSSR count). The molecular weight excluding hydrogens is 385 g/mol. The molecule has 0 aliphatic heterocycles. The van der Waals surface area contributed by atoms with Crippen LogP contribution < -0.4 is 15.8 Å². The van der Waals surface area contributed by atoms with Crippen LogP contribution in [0, 0.1) is 0 Å². The molecule has 1 atom stereocenters. The summed E-state index contributed by atoms with van der Waals surface area (Å²) in [5, 5.41) is 11.0. The summed E-state index contributed by atoms with van der Waals surface area (Å²) in [5.41, 5.74) is 5.34. The summed E-state index contributed by atoms with van der Waals surface area (Å²) in [6.07, 6.45) is -3.04. The summed E-state index contributed by atoms with van der Waals surface area (Å²) >= 11 is 0. The van der Waals surface area contributed by atoms with Gasteiger partial charge in [-0.3, -0.25) is 4.79 Å². The highest BCUT2D eigenvalue weighted by atomic mass is 19.4. The fourth-order valence-corrected chi connectivity index (χ4v) is 2.38. The number of nitrogens with two attached hydrogens (primary N) is 1. The SMILES string of the molecule is CNCCC(Oc1ccc(C(F)(F)F)cc1)c1ccccc1.NCCCC(=O)O. The Hall–Kier alpha value is -2.58. The van der Waals surface area contributed by atoms with Crippen LogP contribution in [0.15, 0.2) is 54.6 Å². The van der Waals surface area contributed by atoms with Crippen molar-refractivity contribution < 1.29 is 27.8 Å². The predicted molar refractivity (Wildman–Crippen MR) is 106 cm³/mol. The number of hydrogen-bond donors (Lipinski definition) is 3. The Morgan fingerprint density at radius 1 is 1.14 bits per heavy atom. The minimum absolute atomic E-state index is 0.191. The summed E-state index contributed by atoms with van der Waals surface area (Å²) in [7, 11) is 1.85. The molecule has 0 bridgehead atoms. The third kappa shape index (κ3) is 9.96. The lowest BCUT2D eigenvalue weighted by Crippen LogP contribution is -2.16. The Morgan fingerprint density at radius 3 is 2.21 bits per heavy atom. The number of alkyl halides is 3. The van der Waals surface area contributed by atoms with Crippen LogP contribution in [-0.2, 0) is 11.0 Å². The lowest BCUT2D eigenvalue weighted by molar-refractivity contribution is -0.138. The lowest BCUT2D eigenvalue weighted by atomic mass is 10.1. The molecule has 29 heavy (non-hydrogen) atoms. The van der Waals surface area contributed by atoms with Crippen molar-refractivity contribution in [1.29, 1.82) is 0 Å². The van der Waals surface area contributed by atoms with Crippen molar-refractivity contribution in [2.45, 2.75) is 31.5 Å². The average Bonchev–Trinajstić information content (AvgIpc) is 2.70. The van der Waals surface area contributed by atoms with Crippen LogP contribution in [0.5, 0.6) is 5.75 Å². The highest BCUT2D eigenvalue weighted by molar-refractivity contribution is 5.66. The van der Waals surface area contributed by atoms with E-state index >= 15 is 0 Å². The van der Waals surface area contributed by atoms with Crippen molar-refractivity contribution in [3.8, 4) is 5.75 Å². The number of ether oxygens (including phenoxy) is 1. The minimum atomic E-state index is -4.33. The molecule has 0 saturated heterocycles. The van der Waals surface area contributed by atoms with E-state index in [9.17, 15) is 18.0 Å². The van der Waals surface area contributed by atoms with E-state index in [0.29, 0.717) is 18.7 Å². The van der Waals surface area contributed by atoms with Crippen LogP contribution in [0.25, 0.3) is 0 Å². The first-order valence-electron chi connectivity index (χ1n) is 9.23. The largest absolute Gasteiger partial charge is 0.486 e. The predicted octanol–water partition coefficient (Wildman–Crippen LogP) is 4.24. The van der Waals surface area contributed by atoms with E-state index in [1.807, 2.05) is 37.4 Å². The Kier molecular flexibility index (Phi) is 10.8. The molecule has 1 unspecified atom stereocenters. The first-order chi connectivity index (χ1) is 13.8. The van der Waals surface area contributed by atoms with Gasteiger partial charge in [-0.25, -0.2) is 0 Å². The summed E-state index contributed by atoms with van der Waals surface area (Å²) in [5.74, 6) is -0.344. The first kappa shape index (κ1) is 24.5. The molecule has 2 aromatic rings. The van der Waals surface area contributed by atoms with Crippen LogP contribution in [0.4, 0.5) is 13.2 Å². The number of carbonyl (C=O) groups is 1. The second-order valence-corrected chi connectivity index (χ2v) is 6.22. The van der Waals surface area contributed by atoms with Crippen LogP contribution in [0.3, 0.4) is 0 Å². The van der Waals surface area contributed by atoms with Crippen LogP contribution >= 0.6 is 0 Å². The van der Waals surface area contributed by atoms with Gasteiger partial charge >= 0.3 is 12.1 Å². The molecule has 0 aliphatic rings. The number of carboxylic acids is 1. The Labute approximate surface area is 168 Å². The quantitative estimate of drug-likeness (QED) is 0.574. The molecule has 8 heteroatoms. The van der Waals surface area contributed by atoms with Crippen molar-refractivity contribution in [1.82, 2.24) is 5.32 Å². The van der Waals surface area contributed by atoms with Crippen LogP contribution in [-0.4, -0.2) is 31.2 Å². The van der Waals surface area contributed by atoms with Gasteiger partial charge in [0.1, 0.15) is 11.9 Å². The molecule has 0 spiro atoms. The number of rotatable bonds is 9. The normalized spacial score (nSPS) is 11.9. The fraction of sp³-hybridized carbons (Fsp3) is 0.381. The number of nitrogens with one attached hydrogen (secondary N) is 1. The lowest BCUT2D eigenvalue weighted by Gasteiger charge is -2.20. The van der Waals surface area contributed by atoms with Gasteiger partial charge in [-0.15, -0.1) is 0 Å². The van der Waals surface area contributed by atoms with Gasteiger partial charge in [0, 0.05) is 12.8 Å². The molecular formula is C21H27F3N2O3. The zero-order valence-corrected chi connectivity index (χ0v) is 16.3. The maximum Gasteiger partial charge on any atom is 0.416 e. The van der Waals surface area contributed by atoms with E-state index < -0.39 is 17.7 Å². The van der Waals surface area contributed by atoms with Gasteiger partial charge in [-0.05, 0) is 56.4 Å². The summed E-state index contributed by atoms with van der Waals surface area (Å²) in [6.45, 7) is 1.21. The van der Waals surface area contributed by atoms with Crippen molar-refractivity contribution >= 4 is 5.97 Å². The third-order valence-corrected chi connectivity index (χ3v) is 3.88. The number of aliphatic carboxylic acids is 1. The second-order valence-electron chi connectivity index (χ2n) is 6.22. The molecule has 4 N–H and O–H groups in total. The Morgan fingerprint density at radius 2 is 1.76 bits per heavy atom. The van der Waals surface area contributed by atoms with Crippen molar-refractivity contribution in [3.63, 3.8) is 0 Å². The second kappa shape index (κ2) is 12.8. The van der Waals surface area contributed by atoms with Crippen LogP contribution in [0.2, 0.25) is 0 Å². The van der Waals surface area contributed by atoms with Gasteiger partial charge in [-0.2, -0.15) is 13.2 Å². The molecule has 0 aromatic heterocycles. The van der Waals surface area contributed by atoms with Gasteiger partial charge in [-0.1, -0.05) is 30.3 Å². The molecule has 0 saturated carbocycles. The molecule has 160 valence electrons. The third-order valence-electron chi connectivity index (χ3n) is 3.88. The summed E-state index contributed by atoms with van der Waals surface area (Å²) in [4.78, 5) is 9.70. The summed E-state index contributed by atoms with van der Waals surface area (Å²) in [6, 6.07) is 14.4. The zero-order chi connectivity index (χ0) is 21.7. The number of hydrogen-bond acceptors (Lipinski definition) is 4. The fourth-order valence-electron chi connectivity index (χ4n) is 2.38. The van der Waals surface area contributed by atoms with Crippen molar-refractivity contribution in [2.24, 2.45) is 5.73 Å². The maximum atomic E-state index is 12.6. The molecule has 0 heterocycles. The van der Waals surface area contributed by atoms with Crippen molar-refractivity contribution in [2.75, 3.05) is 20.1 Å². The van der Waals surface area contributed by atoms with Gasteiger partial charge in [0.05, 0.1) is 5.56 Å². The number of halogens is 3. The summed E-state index contributed by atoms with van der Waals surface area (Å²) < 4.78 is 43.6. The molecule has 5 nitrogen and oxygen atoms in total. The average molecular weight is 412 g/mol. The smallest absolute Gasteiger partial charge is 0.416 e. The highest BCUT2D eigenvalue weighted by Crippen LogP contribution is 2.31. The number of benzene rings is 2. The Bertz CT molecular complexity index is 707. The van der Waals surface area contributed by atoms with Gasteiger partial charge in [0.15, 0.2) is 0 Å². The highest BCUT2D eigenvalue weighted by Gasteiger charge is 2.30. The molecule has 0 fully saturated rings. The van der Waals surface area contributed by atoms with E-state index in [-0.39, 0.29) is 12.5 Å². The minimum Gasteiger partial charge on any atom is -0.486 e.